The molecule has 0 bridgehead atoms. The van der Waals surface area contributed by atoms with E-state index < -0.39 is 18.2 Å². The lowest BCUT2D eigenvalue weighted by Crippen LogP contribution is -2.30. The lowest BCUT2D eigenvalue weighted by Gasteiger charge is -2.09. The minimum Gasteiger partial charge on any atom is -0.480 e. The molecule has 1 heterocycles. The highest BCUT2D eigenvalue weighted by Crippen LogP contribution is 2.27. The average molecular weight is 300 g/mol. The molecule has 2 rings (SSSR count). The molecule has 90 valence electrons. The van der Waals surface area contributed by atoms with Gasteiger partial charge in [-0.3, -0.25) is 9.69 Å². The number of rotatable bonds is 3. The Labute approximate surface area is 106 Å². The fourth-order valence-electron chi connectivity index (χ4n) is 1.68. The van der Waals surface area contributed by atoms with Crippen LogP contribution >= 0.6 is 15.9 Å². The molecule has 0 spiro atoms. The summed E-state index contributed by atoms with van der Waals surface area (Å²) in [7, 11) is 0. The molecule has 0 radical (unpaired) electrons. The zero-order valence-corrected chi connectivity index (χ0v) is 10.4. The third kappa shape index (κ3) is 2.76. The van der Waals surface area contributed by atoms with Crippen LogP contribution < -0.4 is 0 Å². The number of hydrogen-bond donors (Lipinski definition) is 1. The number of halogens is 1. The molecular formula is C11H10BrNO4. The zero-order chi connectivity index (χ0) is 12.4. The van der Waals surface area contributed by atoms with Crippen LogP contribution in [0.4, 0.5) is 4.79 Å². The maximum Gasteiger partial charge on any atom is 0.411 e. The predicted octanol–water partition coefficient (Wildman–Crippen LogP) is 2.03. The molecule has 1 saturated heterocycles. The van der Waals surface area contributed by atoms with Gasteiger partial charge < -0.3 is 9.84 Å². The first-order valence-electron chi connectivity index (χ1n) is 4.99. The summed E-state index contributed by atoms with van der Waals surface area (Å²) in [4.78, 5) is 23.1. The number of nitrogens with zero attached hydrogens (tertiary/aromatic N) is 1. The fraction of sp³-hybridized carbons (Fsp3) is 0.273. The minimum absolute atomic E-state index is 0.265. The van der Waals surface area contributed by atoms with Gasteiger partial charge in [-0.1, -0.05) is 28.1 Å². The highest BCUT2D eigenvalue weighted by atomic mass is 79.9. The molecule has 1 N–H and O–H groups in total. The van der Waals surface area contributed by atoms with Gasteiger partial charge in [0.2, 0.25) is 0 Å². The van der Waals surface area contributed by atoms with E-state index in [2.05, 4.69) is 15.9 Å². The largest absolute Gasteiger partial charge is 0.480 e. The molecule has 0 saturated carbocycles. The van der Waals surface area contributed by atoms with Crippen molar-refractivity contribution in [1.29, 1.82) is 0 Å². The van der Waals surface area contributed by atoms with Crippen LogP contribution in [0.15, 0.2) is 28.7 Å². The van der Waals surface area contributed by atoms with Crippen molar-refractivity contribution in [3.63, 3.8) is 0 Å². The van der Waals surface area contributed by atoms with Gasteiger partial charge in [0.15, 0.2) is 0 Å². The highest BCUT2D eigenvalue weighted by Gasteiger charge is 2.33. The summed E-state index contributed by atoms with van der Waals surface area (Å²) in [5.41, 5.74) is 0.848. The van der Waals surface area contributed by atoms with E-state index in [1.807, 2.05) is 24.3 Å². The second kappa shape index (κ2) is 4.75. The highest BCUT2D eigenvalue weighted by molar-refractivity contribution is 9.10. The van der Waals surface area contributed by atoms with Gasteiger partial charge in [-0.2, -0.15) is 0 Å². The number of cyclic esters (lactones) is 1. The zero-order valence-electron chi connectivity index (χ0n) is 8.80. The van der Waals surface area contributed by atoms with E-state index in [-0.39, 0.29) is 13.1 Å². The van der Waals surface area contributed by atoms with Gasteiger partial charge in [0.05, 0.1) is 6.54 Å². The van der Waals surface area contributed by atoms with Crippen molar-refractivity contribution in [2.75, 3.05) is 13.1 Å². The molecule has 1 fully saturated rings. The predicted molar refractivity (Wildman–Crippen MR) is 62.6 cm³/mol. The number of carbonyl (C=O) groups is 2. The first-order chi connectivity index (χ1) is 8.06. The maximum absolute atomic E-state index is 11.4. The maximum atomic E-state index is 11.4. The molecule has 0 aromatic heterocycles. The number of amides is 1. The topological polar surface area (TPSA) is 66.8 Å². The molecule has 17 heavy (non-hydrogen) atoms. The summed E-state index contributed by atoms with van der Waals surface area (Å²) in [6.07, 6.45) is -0.989. The Morgan fingerprint density at radius 3 is 3.00 bits per heavy atom. The Balaban J connectivity index is 2.11. The van der Waals surface area contributed by atoms with Crippen molar-refractivity contribution in [2.45, 2.75) is 6.10 Å². The molecule has 1 aliphatic rings. The van der Waals surface area contributed by atoms with Crippen LogP contribution in [0, 0.1) is 0 Å². The summed E-state index contributed by atoms with van der Waals surface area (Å²) in [6.45, 7) is -0.0646. The molecule has 5 nitrogen and oxygen atoms in total. The number of carbonyl (C=O) groups excluding carboxylic acids is 1. The van der Waals surface area contributed by atoms with E-state index in [1.54, 1.807) is 0 Å². The lowest BCUT2D eigenvalue weighted by molar-refractivity contribution is -0.137. The van der Waals surface area contributed by atoms with Crippen LogP contribution in [-0.4, -0.2) is 35.2 Å². The Morgan fingerprint density at radius 1 is 1.59 bits per heavy atom. The Hall–Kier alpha value is -1.56. The summed E-state index contributed by atoms with van der Waals surface area (Å²) in [6, 6.07) is 7.40. The molecule has 1 aromatic rings. The molecule has 1 aromatic carbocycles. The van der Waals surface area contributed by atoms with Crippen molar-refractivity contribution in [3.8, 4) is 0 Å². The SMILES string of the molecule is O=C(O)CN1CC(c2cccc(Br)c2)OC1=O. The summed E-state index contributed by atoms with van der Waals surface area (Å²) >= 11 is 3.33. The molecule has 6 heteroatoms. The molecule has 1 amide bonds. The first kappa shape index (κ1) is 11.9. The number of carboxylic acid groups (broad SMARTS) is 1. The quantitative estimate of drug-likeness (QED) is 0.927. The van der Waals surface area contributed by atoms with E-state index in [0.29, 0.717) is 0 Å². The van der Waals surface area contributed by atoms with Gasteiger partial charge in [-0.15, -0.1) is 0 Å². The number of hydrogen-bond acceptors (Lipinski definition) is 3. The van der Waals surface area contributed by atoms with E-state index in [1.165, 1.54) is 4.90 Å². The Bertz CT molecular complexity index is 463. The monoisotopic (exact) mass is 299 g/mol. The van der Waals surface area contributed by atoms with Crippen LogP contribution in [0.5, 0.6) is 0 Å². The molecule has 1 aliphatic heterocycles. The molecule has 1 atom stereocenters. The summed E-state index contributed by atoms with van der Waals surface area (Å²) in [5, 5.41) is 8.64. The lowest BCUT2D eigenvalue weighted by atomic mass is 10.1. The van der Waals surface area contributed by atoms with E-state index in [9.17, 15) is 9.59 Å². The number of ether oxygens (including phenoxy) is 1. The van der Waals surface area contributed by atoms with Crippen LogP contribution in [0.3, 0.4) is 0 Å². The summed E-state index contributed by atoms with van der Waals surface area (Å²) < 4.78 is 6.01. The molecule has 0 aliphatic carbocycles. The van der Waals surface area contributed by atoms with Crippen molar-refractivity contribution < 1.29 is 19.4 Å². The number of aliphatic carboxylic acids is 1. The van der Waals surface area contributed by atoms with Crippen molar-refractivity contribution >= 4 is 28.0 Å². The first-order valence-corrected chi connectivity index (χ1v) is 5.78. The summed E-state index contributed by atoms with van der Waals surface area (Å²) in [5.74, 6) is -1.04. The van der Waals surface area contributed by atoms with Crippen molar-refractivity contribution in [1.82, 2.24) is 4.90 Å². The average Bonchev–Trinajstić information content (AvgIpc) is 2.59. The van der Waals surface area contributed by atoms with Crippen LogP contribution in [-0.2, 0) is 9.53 Å². The second-order valence-electron chi connectivity index (χ2n) is 3.70. The smallest absolute Gasteiger partial charge is 0.411 e. The van der Waals surface area contributed by atoms with Crippen molar-refractivity contribution in [2.24, 2.45) is 0 Å². The third-order valence-corrected chi connectivity index (χ3v) is 2.93. The normalized spacial score (nSPS) is 19.2. The Morgan fingerprint density at radius 2 is 2.35 bits per heavy atom. The number of benzene rings is 1. The second-order valence-corrected chi connectivity index (χ2v) is 4.62. The molecular weight excluding hydrogens is 290 g/mol. The van der Waals surface area contributed by atoms with Gasteiger partial charge in [0.1, 0.15) is 12.6 Å². The van der Waals surface area contributed by atoms with E-state index >= 15 is 0 Å². The standard InChI is InChI=1S/C11H10BrNO4/c12-8-3-1-2-7(4-8)9-5-13(6-10(14)15)11(16)17-9/h1-4,9H,5-6H2,(H,14,15). The van der Waals surface area contributed by atoms with Crippen LogP contribution in [0.25, 0.3) is 0 Å². The fourth-order valence-corrected chi connectivity index (χ4v) is 2.10. The molecule has 1 unspecified atom stereocenters. The van der Waals surface area contributed by atoms with Crippen LogP contribution in [0.1, 0.15) is 11.7 Å². The van der Waals surface area contributed by atoms with E-state index in [0.717, 1.165) is 10.0 Å². The van der Waals surface area contributed by atoms with Crippen molar-refractivity contribution in [3.05, 3.63) is 34.3 Å². The third-order valence-electron chi connectivity index (χ3n) is 2.43. The minimum atomic E-state index is -1.04. The van der Waals surface area contributed by atoms with Gasteiger partial charge >= 0.3 is 12.1 Å². The van der Waals surface area contributed by atoms with Gasteiger partial charge in [-0.05, 0) is 17.7 Å². The van der Waals surface area contributed by atoms with Gasteiger partial charge in [0, 0.05) is 4.47 Å². The van der Waals surface area contributed by atoms with Gasteiger partial charge in [-0.25, -0.2) is 4.79 Å². The van der Waals surface area contributed by atoms with Gasteiger partial charge in [0.25, 0.3) is 0 Å². The Kier molecular flexibility index (Phi) is 3.33. The van der Waals surface area contributed by atoms with E-state index in [4.69, 9.17) is 9.84 Å². The number of carboxylic acids is 1. The van der Waals surface area contributed by atoms with Crippen LogP contribution in [0.2, 0.25) is 0 Å².